The van der Waals surface area contributed by atoms with Gasteiger partial charge in [0.1, 0.15) is 12.6 Å². The third kappa shape index (κ3) is 9.33. The van der Waals surface area contributed by atoms with Gasteiger partial charge in [0.15, 0.2) is 0 Å². The van der Waals surface area contributed by atoms with E-state index < -0.39 is 34.1 Å². The first kappa shape index (κ1) is 34.0. The molecule has 0 aliphatic rings. The number of aryl methyl sites for hydroxylation is 1. The Balaban J connectivity index is 1.82. The van der Waals surface area contributed by atoms with Crippen molar-refractivity contribution in [2.45, 2.75) is 57.1 Å². The molecule has 2 amide bonds. The van der Waals surface area contributed by atoms with Gasteiger partial charge in [0, 0.05) is 28.5 Å². The summed E-state index contributed by atoms with van der Waals surface area (Å²) in [5.41, 5.74) is 2.10. The molecule has 0 heterocycles. The van der Waals surface area contributed by atoms with Crippen molar-refractivity contribution >= 4 is 50.7 Å². The lowest BCUT2D eigenvalue weighted by Gasteiger charge is -2.35. The van der Waals surface area contributed by atoms with E-state index in [1.165, 1.54) is 29.2 Å². The van der Waals surface area contributed by atoms with Crippen LogP contribution in [-0.2, 0) is 32.6 Å². The van der Waals surface area contributed by atoms with Crippen LogP contribution in [0.3, 0.4) is 0 Å². The minimum absolute atomic E-state index is 0.0195. The zero-order valence-electron chi connectivity index (χ0n) is 25.7. The molecule has 7 nitrogen and oxygen atoms in total. The topological polar surface area (TPSA) is 86.8 Å². The highest BCUT2D eigenvalue weighted by Crippen LogP contribution is 2.27. The fourth-order valence-electron chi connectivity index (χ4n) is 4.88. The molecule has 10 heteroatoms. The number of nitrogens with one attached hydrogen (secondary N) is 1. The van der Waals surface area contributed by atoms with Crippen LogP contribution < -0.4 is 9.62 Å². The summed E-state index contributed by atoms with van der Waals surface area (Å²) in [6, 6.07) is 28.2. The number of hydrogen-bond donors (Lipinski definition) is 1. The SMILES string of the molecule is Cc1cccc(N(CC(=O)N(Cc2cccc(Cl)c2)[C@@H](Cc2ccccc2)C(=O)NC(C)(C)C)S(=O)(=O)c2ccc(Cl)cc2)c1. The van der Waals surface area contributed by atoms with Crippen LogP contribution in [0.5, 0.6) is 0 Å². The predicted octanol–water partition coefficient (Wildman–Crippen LogP) is 7.05. The molecule has 1 atom stereocenters. The van der Waals surface area contributed by atoms with Crippen molar-refractivity contribution < 1.29 is 18.0 Å². The van der Waals surface area contributed by atoms with E-state index in [9.17, 15) is 18.0 Å². The molecule has 0 aliphatic carbocycles. The Kier molecular flexibility index (Phi) is 11.0. The van der Waals surface area contributed by atoms with E-state index in [0.29, 0.717) is 21.3 Å². The van der Waals surface area contributed by atoms with E-state index >= 15 is 0 Å². The van der Waals surface area contributed by atoms with E-state index in [1.807, 2.05) is 70.2 Å². The molecule has 0 spiro atoms. The first-order valence-electron chi connectivity index (χ1n) is 14.5. The summed E-state index contributed by atoms with van der Waals surface area (Å²) in [7, 11) is -4.22. The maximum atomic E-state index is 14.5. The van der Waals surface area contributed by atoms with Crippen molar-refractivity contribution in [3.05, 3.63) is 130 Å². The zero-order valence-corrected chi connectivity index (χ0v) is 28.0. The number of carbonyl (C=O) groups excluding carboxylic acids is 2. The molecule has 0 bridgehead atoms. The lowest BCUT2D eigenvalue weighted by molar-refractivity contribution is -0.140. The molecule has 0 saturated heterocycles. The van der Waals surface area contributed by atoms with Crippen LogP contribution in [-0.4, -0.2) is 43.3 Å². The van der Waals surface area contributed by atoms with Gasteiger partial charge in [-0.15, -0.1) is 0 Å². The van der Waals surface area contributed by atoms with Crippen LogP contribution in [0.25, 0.3) is 0 Å². The lowest BCUT2D eigenvalue weighted by atomic mass is 10.0. The first-order valence-corrected chi connectivity index (χ1v) is 16.7. The minimum atomic E-state index is -4.22. The van der Waals surface area contributed by atoms with Gasteiger partial charge in [-0.2, -0.15) is 0 Å². The molecule has 4 aromatic carbocycles. The Hall–Kier alpha value is -3.85. The van der Waals surface area contributed by atoms with Crippen LogP contribution in [0.15, 0.2) is 108 Å². The quantitative estimate of drug-likeness (QED) is 0.186. The average molecular weight is 667 g/mol. The largest absolute Gasteiger partial charge is 0.350 e. The summed E-state index contributed by atoms with van der Waals surface area (Å²) in [5, 5.41) is 3.88. The molecular weight excluding hydrogens is 629 g/mol. The smallest absolute Gasteiger partial charge is 0.264 e. The van der Waals surface area contributed by atoms with Crippen molar-refractivity contribution in [3.63, 3.8) is 0 Å². The van der Waals surface area contributed by atoms with Gasteiger partial charge in [-0.3, -0.25) is 13.9 Å². The van der Waals surface area contributed by atoms with E-state index in [-0.39, 0.29) is 23.8 Å². The number of rotatable bonds is 11. The van der Waals surface area contributed by atoms with Crippen LogP contribution >= 0.6 is 23.2 Å². The second kappa shape index (κ2) is 14.5. The van der Waals surface area contributed by atoms with Gasteiger partial charge in [0.25, 0.3) is 10.0 Å². The fourth-order valence-corrected chi connectivity index (χ4v) is 6.63. The highest BCUT2D eigenvalue weighted by molar-refractivity contribution is 7.92. The van der Waals surface area contributed by atoms with E-state index in [2.05, 4.69) is 5.32 Å². The van der Waals surface area contributed by atoms with Crippen molar-refractivity contribution in [2.24, 2.45) is 0 Å². The molecule has 0 fully saturated rings. The fraction of sp³-hybridized carbons (Fsp3) is 0.257. The molecule has 0 saturated carbocycles. The molecule has 0 aliphatic heterocycles. The Bertz CT molecular complexity index is 1740. The van der Waals surface area contributed by atoms with Crippen LogP contribution in [0.1, 0.15) is 37.5 Å². The van der Waals surface area contributed by atoms with Crippen LogP contribution in [0, 0.1) is 6.92 Å². The average Bonchev–Trinajstić information content (AvgIpc) is 2.97. The molecule has 1 N–H and O–H groups in total. The Labute approximate surface area is 275 Å². The monoisotopic (exact) mass is 665 g/mol. The molecule has 0 unspecified atom stereocenters. The molecule has 45 heavy (non-hydrogen) atoms. The molecule has 0 aromatic heterocycles. The highest BCUT2D eigenvalue weighted by atomic mass is 35.5. The number of anilines is 1. The third-order valence-corrected chi connectivity index (χ3v) is 9.26. The summed E-state index contributed by atoms with van der Waals surface area (Å²) in [6.07, 6.45) is 0.212. The molecular formula is C35H37Cl2N3O4S. The van der Waals surface area contributed by atoms with Gasteiger partial charge in [-0.25, -0.2) is 8.42 Å². The first-order chi connectivity index (χ1) is 21.2. The van der Waals surface area contributed by atoms with Crippen molar-refractivity contribution in [2.75, 3.05) is 10.8 Å². The molecule has 236 valence electrons. The molecule has 4 rings (SSSR count). The van der Waals surface area contributed by atoms with E-state index in [1.54, 1.807) is 36.4 Å². The normalized spacial score (nSPS) is 12.3. The maximum Gasteiger partial charge on any atom is 0.264 e. The number of nitrogens with zero attached hydrogens (tertiary/aromatic N) is 2. The summed E-state index contributed by atoms with van der Waals surface area (Å²) < 4.78 is 29.3. The predicted molar refractivity (Wildman–Crippen MR) is 181 cm³/mol. The second-order valence-electron chi connectivity index (χ2n) is 11.9. The number of halogens is 2. The van der Waals surface area contributed by atoms with E-state index in [4.69, 9.17) is 23.2 Å². The third-order valence-electron chi connectivity index (χ3n) is 6.98. The molecule has 4 aromatic rings. The lowest BCUT2D eigenvalue weighted by Crippen LogP contribution is -2.56. The standard InChI is InChI=1S/C35H37Cl2N3O4S/c1-25-10-8-15-30(20-25)40(45(43,44)31-18-16-28(36)17-19-31)24-33(41)39(23-27-13-9-14-29(37)21-27)32(34(42)38-35(2,3)4)22-26-11-6-5-7-12-26/h5-21,32H,22-24H2,1-4H3,(H,38,42)/t32-/m0/s1. The summed E-state index contributed by atoms with van der Waals surface area (Å²) in [5.74, 6) is -0.914. The van der Waals surface area contributed by atoms with Gasteiger partial charge in [0.05, 0.1) is 10.6 Å². The van der Waals surface area contributed by atoms with Crippen LogP contribution in [0.2, 0.25) is 10.0 Å². The van der Waals surface area contributed by atoms with Gasteiger partial charge < -0.3 is 10.2 Å². The molecule has 0 radical (unpaired) electrons. The zero-order chi connectivity index (χ0) is 32.8. The van der Waals surface area contributed by atoms with Gasteiger partial charge in [0.2, 0.25) is 11.8 Å². The number of amides is 2. The summed E-state index contributed by atoms with van der Waals surface area (Å²) in [4.78, 5) is 29.9. The minimum Gasteiger partial charge on any atom is -0.350 e. The summed E-state index contributed by atoms with van der Waals surface area (Å²) >= 11 is 12.4. The summed E-state index contributed by atoms with van der Waals surface area (Å²) in [6.45, 7) is 6.92. The van der Waals surface area contributed by atoms with Crippen LogP contribution in [0.4, 0.5) is 5.69 Å². The number of benzene rings is 4. The number of hydrogen-bond acceptors (Lipinski definition) is 4. The maximum absolute atomic E-state index is 14.5. The van der Waals surface area contributed by atoms with Crippen molar-refractivity contribution in [1.82, 2.24) is 10.2 Å². The van der Waals surface area contributed by atoms with Crippen molar-refractivity contribution in [1.29, 1.82) is 0 Å². The second-order valence-corrected chi connectivity index (χ2v) is 14.6. The van der Waals surface area contributed by atoms with Gasteiger partial charge >= 0.3 is 0 Å². The number of sulfonamides is 1. The number of carbonyl (C=O) groups is 2. The Morgan fingerprint density at radius 2 is 1.44 bits per heavy atom. The Morgan fingerprint density at radius 3 is 2.07 bits per heavy atom. The van der Waals surface area contributed by atoms with Gasteiger partial charge in [-0.05, 0) is 92.9 Å². The van der Waals surface area contributed by atoms with E-state index in [0.717, 1.165) is 15.4 Å². The highest BCUT2D eigenvalue weighted by Gasteiger charge is 2.35. The van der Waals surface area contributed by atoms with Crippen molar-refractivity contribution in [3.8, 4) is 0 Å². The van der Waals surface area contributed by atoms with Gasteiger partial charge in [-0.1, -0.05) is 77.8 Å². The Morgan fingerprint density at radius 1 is 0.800 bits per heavy atom.